The second-order valence-electron chi connectivity index (χ2n) is 6.45. The number of aromatic nitrogens is 3. The molecule has 2 N–H and O–H groups in total. The summed E-state index contributed by atoms with van der Waals surface area (Å²) in [7, 11) is 5.07. The topological polar surface area (TPSA) is 85.6 Å². The molecular weight excluding hydrogens is 368 g/mol. The number of nitrogens with zero attached hydrogens (tertiary/aromatic N) is 4. The molecule has 0 fully saturated rings. The van der Waals surface area contributed by atoms with Gasteiger partial charge in [-0.3, -0.25) is 4.68 Å². The molecule has 1 atom stereocenters. The second kappa shape index (κ2) is 8.26. The molecule has 0 saturated heterocycles. The van der Waals surface area contributed by atoms with Crippen molar-refractivity contribution in [2.24, 2.45) is 12.0 Å². The monoisotopic (exact) mass is 390 g/mol. The lowest BCUT2D eigenvalue weighted by atomic mass is 10.1. The van der Waals surface area contributed by atoms with Gasteiger partial charge in [0.05, 0.1) is 24.1 Å². The molecule has 4 rings (SSSR count). The van der Waals surface area contributed by atoms with Crippen LogP contribution in [0.15, 0.2) is 65.9 Å². The summed E-state index contributed by atoms with van der Waals surface area (Å²) >= 11 is 0. The van der Waals surface area contributed by atoms with E-state index in [0.717, 1.165) is 22.5 Å². The Morgan fingerprint density at radius 1 is 1.07 bits per heavy atom. The van der Waals surface area contributed by atoms with Gasteiger partial charge in [0.2, 0.25) is 0 Å². The predicted molar refractivity (Wildman–Crippen MR) is 112 cm³/mol. The Kier molecular flexibility index (Phi) is 5.37. The summed E-state index contributed by atoms with van der Waals surface area (Å²) in [4.78, 5) is 9.17. The van der Waals surface area contributed by atoms with Gasteiger partial charge in [-0.2, -0.15) is 5.10 Å². The van der Waals surface area contributed by atoms with Gasteiger partial charge in [0.15, 0.2) is 17.8 Å². The normalized spacial score (nSPS) is 17.7. The van der Waals surface area contributed by atoms with Crippen molar-refractivity contribution in [3.8, 4) is 17.1 Å². The average molecular weight is 390 g/mol. The number of hydrazine groups is 1. The van der Waals surface area contributed by atoms with Crippen LogP contribution in [0.4, 0.5) is 5.69 Å². The van der Waals surface area contributed by atoms with Crippen molar-refractivity contribution < 1.29 is 9.47 Å². The molecule has 1 aliphatic heterocycles. The Balaban J connectivity index is 1.79. The second-order valence-corrected chi connectivity index (χ2v) is 6.45. The van der Waals surface area contributed by atoms with Crippen LogP contribution in [0.2, 0.25) is 0 Å². The number of aryl methyl sites for hydroxylation is 1. The standard InChI is InChI=1S/C21H22N6O2/c1-27-13-22-20(26-27)15-10-7-11-16(19(15)28-2)23-18-12-17(24-25-21(18)29-3)14-8-5-4-6-9-14/h4-13,21,24-25H,1-3H3. The van der Waals surface area contributed by atoms with Crippen molar-refractivity contribution in [2.75, 3.05) is 14.2 Å². The van der Waals surface area contributed by atoms with Gasteiger partial charge < -0.3 is 14.9 Å². The SMILES string of the molecule is COc1c(N=C2C=C(c3ccccc3)NNC2OC)cccc1-c1ncn(C)n1. The van der Waals surface area contributed by atoms with Gasteiger partial charge in [-0.25, -0.2) is 15.4 Å². The Morgan fingerprint density at radius 2 is 1.90 bits per heavy atom. The number of nitrogens with one attached hydrogen (secondary N) is 2. The largest absolute Gasteiger partial charge is 0.494 e. The van der Waals surface area contributed by atoms with Crippen LogP contribution in [0.1, 0.15) is 5.56 Å². The van der Waals surface area contributed by atoms with E-state index in [1.54, 1.807) is 25.2 Å². The van der Waals surface area contributed by atoms with E-state index in [0.29, 0.717) is 17.3 Å². The van der Waals surface area contributed by atoms with E-state index in [4.69, 9.17) is 14.5 Å². The Hall–Kier alpha value is -3.49. The van der Waals surface area contributed by atoms with E-state index in [9.17, 15) is 0 Å². The van der Waals surface area contributed by atoms with E-state index in [1.807, 2.05) is 61.7 Å². The van der Waals surface area contributed by atoms with Crippen LogP contribution in [0, 0.1) is 0 Å². The average Bonchev–Trinajstić information content (AvgIpc) is 3.20. The molecule has 29 heavy (non-hydrogen) atoms. The molecule has 1 aliphatic rings. The van der Waals surface area contributed by atoms with Crippen LogP contribution in [-0.4, -0.2) is 40.9 Å². The van der Waals surface area contributed by atoms with Gasteiger partial charge >= 0.3 is 0 Å². The number of rotatable bonds is 5. The maximum Gasteiger partial charge on any atom is 0.184 e. The molecule has 148 valence electrons. The summed E-state index contributed by atoms with van der Waals surface area (Å²) in [6, 6.07) is 15.7. The molecule has 0 amide bonds. The lowest BCUT2D eigenvalue weighted by Crippen LogP contribution is -2.49. The van der Waals surface area contributed by atoms with Crippen molar-refractivity contribution in [1.29, 1.82) is 0 Å². The molecule has 2 heterocycles. The Labute approximate surface area is 168 Å². The highest BCUT2D eigenvalue weighted by Gasteiger charge is 2.22. The molecule has 0 bridgehead atoms. The van der Waals surface area contributed by atoms with Gasteiger partial charge in [-0.1, -0.05) is 36.4 Å². The molecule has 8 heteroatoms. The number of para-hydroxylation sites is 1. The van der Waals surface area contributed by atoms with Gasteiger partial charge in [-0.05, 0) is 23.8 Å². The van der Waals surface area contributed by atoms with Crippen LogP contribution in [0.3, 0.4) is 0 Å². The third kappa shape index (κ3) is 3.89. The number of hydrogen-bond acceptors (Lipinski definition) is 7. The lowest BCUT2D eigenvalue weighted by Gasteiger charge is -2.26. The number of methoxy groups -OCH3 is 2. The van der Waals surface area contributed by atoms with Gasteiger partial charge in [0, 0.05) is 14.2 Å². The molecule has 0 spiro atoms. The first kappa shape index (κ1) is 18.9. The smallest absolute Gasteiger partial charge is 0.184 e. The zero-order valence-electron chi connectivity index (χ0n) is 16.5. The number of hydrogen-bond donors (Lipinski definition) is 2. The van der Waals surface area contributed by atoms with Crippen LogP contribution in [-0.2, 0) is 11.8 Å². The van der Waals surface area contributed by atoms with Crippen molar-refractivity contribution in [2.45, 2.75) is 6.23 Å². The molecule has 8 nitrogen and oxygen atoms in total. The maximum atomic E-state index is 5.67. The molecule has 2 aromatic carbocycles. The van der Waals surface area contributed by atoms with Crippen molar-refractivity contribution in [3.05, 3.63) is 66.5 Å². The highest BCUT2D eigenvalue weighted by Crippen LogP contribution is 2.37. The quantitative estimate of drug-likeness (QED) is 0.697. The molecule has 0 saturated carbocycles. The van der Waals surface area contributed by atoms with E-state index in [1.165, 1.54) is 0 Å². The number of ether oxygens (including phenoxy) is 2. The molecule has 0 aliphatic carbocycles. The molecule has 1 aromatic heterocycles. The van der Waals surface area contributed by atoms with E-state index in [2.05, 4.69) is 20.9 Å². The minimum Gasteiger partial charge on any atom is -0.494 e. The Morgan fingerprint density at radius 3 is 2.59 bits per heavy atom. The fourth-order valence-electron chi connectivity index (χ4n) is 3.13. The third-order valence-corrected chi connectivity index (χ3v) is 4.51. The van der Waals surface area contributed by atoms with E-state index >= 15 is 0 Å². The van der Waals surface area contributed by atoms with Crippen LogP contribution in [0.25, 0.3) is 17.1 Å². The van der Waals surface area contributed by atoms with E-state index in [-0.39, 0.29) is 0 Å². The highest BCUT2D eigenvalue weighted by atomic mass is 16.5. The molecule has 1 unspecified atom stereocenters. The third-order valence-electron chi connectivity index (χ3n) is 4.51. The minimum absolute atomic E-state index is 0.413. The van der Waals surface area contributed by atoms with Gasteiger partial charge in [0.1, 0.15) is 12.0 Å². The van der Waals surface area contributed by atoms with Crippen LogP contribution < -0.4 is 15.6 Å². The Bertz CT molecular complexity index is 1060. The summed E-state index contributed by atoms with van der Waals surface area (Å²) in [5.41, 5.74) is 10.4. The zero-order chi connectivity index (χ0) is 20.2. The van der Waals surface area contributed by atoms with Gasteiger partial charge in [-0.15, -0.1) is 0 Å². The lowest BCUT2D eigenvalue weighted by molar-refractivity contribution is 0.119. The number of benzene rings is 2. The first-order valence-electron chi connectivity index (χ1n) is 9.12. The molecular formula is C21H22N6O2. The van der Waals surface area contributed by atoms with Gasteiger partial charge in [0.25, 0.3) is 0 Å². The zero-order valence-corrected chi connectivity index (χ0v) is 16.5. The summed E-state index contributed by atoms with van der Waals surface area (Å²) in [6.07, 6.45) is 3.20. The first-order valence-corrected chi connectivity index (χ1v) is 9.12. The summed E-state index contributed by atoms with van der Waals surface area (Å²) in [6.45, 7) is 0. The van der Waals surface area contributed by atoms with E-state index < -0.39 is 6.23 Å². The van der Waals surface area contributed by atoms with Crippen LogP contribution in [0.5, 0.6) is 5.75 Å². The highest BCUT2D eigenvalue weighted by molar-refractivity contribution is 6.06. The minimum atomic E-state index is -0.413. The fourth-order valence-corrected chi connectivity index (χ4v) is 3.13. The summed E-state index contributed by atoms with van der Waals surface area (Å²) in [5.74, 6) is 1.19. The maximum absolute atomic E-state index is 5.67. The summed E-state index contributed by atoms with van der Waals surface area (Å²) < 4.78 is 12.9. The molecule has 0 radical (unpaired) electrons. The summed E-state index contributed by atoms with van der Waals surface area (Å²) in [5, 5.41) is 4.38. The first-order chi connectivity index (χ1) is 14.2. The number of aliphatic imine (C=N–C) groups is 1. The van der Waals surface area contributed by atoms with Crippen molar-refractivity contribution >= 4 is 17.1 Å². The fraction of sp³-hybridized carbons (Fsp3) is 0.190. The van der Waals surface area contributed by atoms with Crippen LogP contribution >= 0.6 is 0 Å². The van der Waals surface area contributed by atoms with Crippen molar-refractivity contribution in [1.82, 2.24) is 25.6 Å². The predicted octanol–water partition coefficient (Wildman–Crippen LogP) is 2.68. The molecule has 3 aromatic rings. The van der Waals surface area contributed by atoms with Crippen molar-refractivity contribution in [3.63, 3.8) is 0 Å².